The molecule has 0 bridgehead atoms. The van der Waals surface area contributed by atoms with Gasteiger partial charge in [0.2, 0.25) is 0 Å². The van der Waals surface area contributed by atoms with Crippen molar-refractivity contribution in [2.45, 2.75) is 32.7 Å². The maximum atomic E-state index is 11.9. The molecule has 1 saturated heterocycles. The number of hydrogen-bond acceptors (Lipinski definition) is 3. The molecule has 0 unspecified atom stereocenters. The molecule has 1 aliphatic heterocycles. The summed E-state index contributed by atoms with van der Waals surface area (Å²) in [5.41, 5.74) is 1.24. The van der Waals surface area contributed by atoms with Crippen LogP contribution >= 0.6 is 0 Å². The summed E-state index contributed by atoms with van der Waals surface area (Å²) in [5.74, 6) is -0.955. The van der Waals surface area contributed by atoms with Gasteiger partial charge in [0.25, 0.3) is 0 Å². The van der Waals surface area contributed by atoms with Crippen molar-refractivity contribution in [2.75, 3.05) is 19.8 Å². The van der Waals surface area contributed by atoms with E-state index in [-0.39, 0.29) is 17.0 Å². The van der Waals surface area contributed by atoms with Crippen molar-refractivity contribution in [3.8, 4) is 0 Å². The summed E-state index contributed by atoms with van der Waals surface area (Å²) in [5, 5.41) is 14.6. The number of rotatable bonds is 6. The van der Waals surface area contributed by atoms with E-state index >= 15 is 0 Å². The molecule has 1 aromatic carbocycles. The van der Waals surface area contributed by atoms with Gasteiger partial charge in [0.15, 0.2) is 0 Å². The molecule has 0 atom stereocenters. The first-order valence-electron chi connectivity index (χ1n) is 7.96. The third-order valence-corrected chi connectivity index (χ3v) is 4.58. The molecule has 1 aromatic rings. The maximum absolute atomic E-state index is 11.9. The van der Waals surface area contributed by atoms with Crippen molar-refractivity contribution in [3.63, 3.8) is 0 Å². The van der Waals surface area contributed by atoms with E-state index in [2.05, 4.69) is 17.6 Å². The lowest BCUT2D eigenvalue weighted by atomic mass is 9.78. The number of ether oxygens (including phenoxy) is 1. The van der Waals surface area contributed by atoms with Gasteiger partial charge >= 0.3 is 12.0 Å². The van der Waals surface area contributed by atoms with Crippen LogP contribution in [0.15, 0.2) is 24.3 Å². The smallest absolute Gasteiger partial charge is 0.335 e. The number of nitrogens with one attached hydrogen (secondary N) is 2. The third-order valence-electron chi connectivity index (χ3n) is 4.58. The van der Waals surface area contributed by atoms with Gasteiger partial charge in [-0.05, 0) is 42.4 Å². The highest BCUT2D eigenvalue weighted by Gasteiger charge is 2.30. The number of hydrogen-bond donors (Lipinski definition) is 3. The third kappa shape index (κ3) is 4.96. The van der Waals surface area contributed by atoms with Gasteiger partial charge < -0.3 is 20.5 Å². The van der Waals surface area contributed by atoms with Crippen LogP contribution in [0.25, 0.3) is 0 Å². The van der Waals surface area contributed by atoms with Crippen molar-refractivity contribution >= 4 is 12.0 Å². The monoisotopic (exact) mass is 320 g/mol. The topological polar surface area (TPSA) is 87.7 Å². The Hall–Kier alpha value is -2.08. The summed E-state index contributed by atoms with van der Waals surface area (Å²) in [7, 11) is 0. The molecule has 126 valence electrons. The minimum atomic E-state index is -0.955. The molecular formula is C17H24N2O4. The van der Waals surface area contributed by atoms with E-state index in [1.807, 2.05) is 0 Å². The number of amides is 2. The summed E-state index contributed by atoms with van der Waals surface area (Å²) >= 11 is 0. The molecule has 2 rings (SSSR count). The van der Waals surface area contributed by atoms with Crippen LogP contribution in [0, 0.1) is 5.41 Å². The zero-order valence-electron chi connectivity index (χ0n) is 13.4. The van der Waals surface area contributed by atoms with Crippen molar-refractivity contribution in [1.29, 1.82) is 0 Å². The number of carboxylic acid groups (broad SMARTS) is 1. The second kappa shape index (κ2) is 7.97. The normalized spacial score (nSPS) is 16.6. The van der Waals surface area contributed by atoms with Gasteiger partial charge in [-0.15, -0.1) is 0 Å². The summed E-state index contributed by atoms with van der Waals surface area (Å²) in [6.07, 6.45) is 2.97. The largest absolute Gasteiger partial charge is 0.478 e. The van der Waals surface area contributed by atoms with E-state index in [4.69, 9.17) is 9.84 Å². The Bertz CT molecular complexity index is 536. The van der Waals surface area contributed by atoms with Gasteiger partial charge in [0, 0.05) is 26.3 Å². The molecule has 2 amide bonds. The first kappa shape index (κ1) is 17.3. The molecule has 3 N–H and O–H groups in total. The molecule has 6 heteroatoms. The molecule has 0 aliphatic carbocycles. The lowest BCUT2D eigenvalue weighted by molar-refractivity contribution is 0.0141. The second-order valence-electron chi connectivity index (χ2n) is 6.00. The van der Waals surface area contributed by atoms with Gasteiger partial charge in [-0.25, -0.2) is 9.59 Å². The van der Waals surface area contributed by atoms with Crippen LogP contribution in [0.1, 0.15) is 42.1 Å². The first-order chi connectivity index (χ1) is 11.0. The molecule has 6 nitrogen and oxygen atoms in total. The summed E-state index contributed by atoms with van der Waals surface area (Å²) in [6.45, 7) is 4.68. The number of benzene rings is 1. The van der Waals surface area contributed by atoms with Crippen LogP contribution in [0.4, 0.5) is 4.79 Å². The standard InChI is InChI=1S/C17H24N2O4/c1-2-17(7-9-23-10-8-17)12-19-16(22)18-11-13-3-5-14(6-4-13)15(20)21/h3-6H,2,7-12H2,1H3,(H,20,21)(H2,18,19,22). The van der Waals surface area contributed by atoms with Crippen LogP contribution in [0.3, 0.4) is 0 Å². The first-order valence-corrected chi connectivity index (χ1v) is 7.96. The lowest BCUT2D eigenvalue weighted by Crippen LogP contribution is -2.44. The van der Waals surface area contributed by atoms with Crippen LogP contribution in [0.5, 0.6) is 0 Å². The highest BCUT2D eigenvalue weighted by Crippen LogP contribution is 2.33. The van der Waals surface area contributed by atoms with E-state index in [0.717, 1.165) is 38.0 Å². The lowest BCUT2D eigenvalue weighted by Gasteiger charge is -2.36. The quantitative estimate of drug-likeness (QED) is 0.751. The van der Waals surface area contributed by atoms with Gasteiger partial charge in [0.1, 0.15) is 0 Å². The summed E-state index contributed by atoms with van der Waals surface area (Å²) < 4.78 is 5.40. The molecule has 1 heterocycles. The Morgan fingerprint density at radius 1 is 1.17 bits per heavy atom. The SMILES string of the molecule is CCC1(CNC(=O)NCc2ccc(C(=O)O)cc2)CCOCC1. The number of carbonyl (C=O) groups is 2. The minimum absolute atomic E-state index is 0.138. The van der Waals surface area contributed by atoms with E-state index < -0.39 is 5.97 Å². The molecule has 23 heavy (non-hydrogen) atoms. The van der Waals surface area contributed by atoms with Gasteiger partial charge in [0.05, 0.1) is 5.56 Å². The highest BCUT2D eigenvalue weighted by atomic mass is 16.5. The number of urea groups is 1. The molecule has 1 fully saturated rings. The Labute approximate surface area is 136 Å². The zero-order chi connectivity index (χ0) is 16.7. The molecular weight excluding hydrogens is 296 g/mol. The van der Waals surface area contributed by atoms with Crippen molar-refractivity contribution in [1.82, 2.24) is 10.6 Å². The Morgan fingerprint density at radius 3 is 2.39 bits per heavy atom. The van der Waals surface area contributed by atoms with E-state index in [1.165, 1.54) is 12.1 Å². The number of carbonyl (C=O) groups excluding carboxylic acids is 1. The fraction of sp³-hybridized carbons (Fsp3) is 0.529. The fourth-order valence-corrected chi connectivity index (χ4v) is 2.74. The van der Waals surface area contributed by atoms with Crippen molar-refractivity contribution in [2.24, 2.45) is 5.41 Å². The van der Waals surface area contributed by atoms with Crippen LogP contribution in [-0.4, -0.2) is 36.9 Å². The van der Waals surface area contributed by atoms with Gasteiger partial charge in [-0.1, -0.05) is 19.1 Å². The average Bonchev–Trinajstić information content (AvgIpc) is 2.59. The molecule has 0 radical (unpaired) electrons. The predicted octanol–water partition coefficient (Wildman–Crippen LogP) is 2.39. The van der Waals surface area contributed by atoms with Crippen LogP contribution < -0.4 is 10.6 Å². The summed E-state index contributed by atoms with van der Waals surface area (Å²) in [4.78, 5) is 22.7. The highest BCUT2D eigenvalue weighted by molar-refractivity contribution is 5.87. The van der Waals surface area contributed by atoms with Crippen molar-refractivity contribution < 1.29 is 19.4 Å². The molecule has 0 aromatic heterocycles. The Balaban J connectivity index is 1.77. The Morgan fingerprint density at radius 2 is 1.83 bits per heavy atom. The summed E-state index contributed by atoms with van der Waals surface area (Å²) in [6, 6.07) is 6.27. The molecule has 1 aliphatic rings. The zero-order valence-corrected chi connectivity index (χ0v) is 13.4. The van der Waals surface area contributed by atoms with E-state index in [1.54, 1.807) is 12.1 Å². The number of carboxylic acids is 1. The predicted molar refractivity (Wildman–Crippen MR) is 86.4 cm³/mol. The van der Waals surface area contributed by atoms with Crippen LogP contribution in [0.2, 0.25) is 0 Å². The minimum Gasteiger partial charge on any atom is -0.478 e. The Kier molecular flexibility index (Phi) is 5.98. The van der Waals surface area contributed by atoms with E-state index in [0.29, 0.717) is 13.1 Å². The molecule has 0 saturated carbocycles. The number of aromatic carboxylic acids is 1. The average molecular weight is 320 g/mol. The molecule has 0 spiro atoms. The van der Waals surface area contributed by atoms with Gasteiger partial charge in [-0.2, -0.15) is 0 Å². The fourth-order valence-electron chi connectivity index (χ4n) is 2.74. The van der Waals surface area contributed by atoms with Gasteiger partial charge in [-0.3, -0.25) is 0 Å². The van der Waals surface area contributed by atoms with E-state index in [9.17, 15) is 9.59 Å². The maximum Gasteiger partial charge on any atom is 0.335 e. The van der Waals surface area contributed by atoms with Crippen LogP contribution in [-0.2, 0) is 11.3 Å². The second-order valence-corrected chi connectivity index (χ2v) is 6.00. The van der Waals surface area contributed by atoms with Crippen molar-refractivity contribution in [3.05, 3.63) is 35.4 Å².